The minimum Gasteiger partial charge on any atom is -0.481 e. The fraction of sp³-hybridized carbons (Fsp3) is 0.471. The van der Waals surface area contributed by atoms with Crippen LogP contribution in [0.4, 0.5) is 8.78 Å². The molecule has 0 aliphatic carbocycles. The number of rotatable bonds is 6. The summed E-state index contributed by atoms with van der Waals surface area (Å²) in [7, 11) is 0. The highest BCUT2D eigenvalue weighted by Crippen LogP contribution is 2.18. The van der Waals surface area contributed by atoms with Crippen LogP contribution in [0.2, 0.25) is 0 Å². The first-order chi connectivity index (χ1) is 12.0. The second-order valence-corrected chi connectivity index (χ2v) is 6.36. The molecular formula is C17H20F2N4O2. The molecule has 1 saturated heterocycles. The third kappa shape index (κ3) is 4.60. The maximum absolute atomic E-state index is 13.2. The lowest BCUT2D eigenvalue weighted by molar-refractivity contribution is -0.143. The number of aliphatic carboxylic acids is 1. The van der Waals surface area contributed by atoms with Crippen molar-refractivity contribution < 1.29 is 18.7 Å². The number of benzene rings is 1. The molecule has 25 heavy (non-hydrogen) atoms. The molecule has 0 amide bonds. The third-order valence-electron chi connectivity index (χ3n) is 4.52. The van der Waals surface area contributed by atoms with Gasteiger partial charge in [0.25, 0.3) is 0 Å². The van der Waals surface area contributed by atoms with Gasteiger partial charge in [0.1, 0.15) is 0 Å². The summed E-state index contributed by atoms with van der Waals surface area (Å²) >= 11 is 0. The standard InChI is InChI=1S/C17H20F2N4O2/c18-15-2-1-12(9-16(15)19)3-8-23-11-14(20-21-23)10-22-6-4-13(5-7-22)17(24)25/h1-2,9,11,13H,3-8,10H2,(H,24,25). The van der Waals surface area contributed by atoms with Crippen LogP contribution in [0.15, 0.2) is 24.4 Å². The lowest BCUT2D eigenvalue weighted by atomic mass is 9.97. The quantitative estimate of drug-likeness (QED) is 0.864. The fourth-order valence-electron chi connectivity index (χ4n) is 3.03. The Balaban J connectivity index is 1.49. The van der Waals surface area contributed by atoms with E-state index in [0.717, 1.165) is 24.8 Å². The zero-order valence-electron chi connectivity index (χ0n) is 13.7. The van der Waals surface area contributed by atoms with Crippen LogP contribution in [-0.2, 0) is 24.3 Å². The first-order valence-electron chi connectivity index (χ1n) is 8.29. The molecule has 2 aromatic rings. The second kappa shape index (κ2) is 7.69. The van der Waals surface area contributed by atoms with Crippen LogP contribution in [0, 0.1) is 17.6 Å². The number of aryl methyl sites for hydroxylation is 2. The van der Waals surface area contributed by atoms with Gasteiger partial charge in [-0.05, 0) is 50.0 Å². The van der Waals surface area contributed by atoms with Crippen molar-refractivity contribution >= 4 is 5.97 Å². The number of piperidine rings is 1. The van der Waals surface area contributed by atoms with Gasteiger partial charge in [0.05, 0.1) is 11.6 Å². The molecule has 0 radical (unpaired) electrons. The second-order valence-electron chi connectivity index (χ2n) is 6.36. The Morgan fingerprint density at radius 2 is 2.00 bits per heavy atom. The number of halogens is 2. The minimum absolute atomic E-state index is 0.247. The molecule has 1 aliphatic heterocycles. The third-order valence-corrected chi connectivity index (χ3v) is 4.52. The molecule has 0 atom stereocenters. The van der Waals surface area contributed by atoms with Gasteiger partial charge in [0.2, 0.25) is 0 Å². The smallest absolute Gasteiger partial charge is 0.306 e. The van der Waals surface area contributed by atoms with Crippen LogP contribution >= 0.6 is 0 Å². The first-order valence-corrected chi connectivity index (χ1v) is 8.29. The van der Waals surface area contributed by atoms with Gasteiger partial charge in [-0.25, -0.2) is 8.78 Å². The molecule has 0 unspecified atom stereocenters. The molecule has 0 spiro atoms. The van der Waals surface area contributed by atoms with Gasteiger partial charge in [0, 0.05) is 19.3 Å². The van der Waals surface area contributed by atoms with Crippen molar-refractivity contribution in [3.8, 4) is 0 Å². The molecule has 8 heteroatoms. The van der Waals surface area contributed by atoms with Crippen molar-refractivity contribution in [1.29, 1.82) is 0 Å². The molecule has 134 valence electrons. The van der Waals surface area contributed by atoms with Gasteiger partial charge in [-0.3, -0.25) is 14.4 Å². The van der Waals surface area contributed by atoms with E-state index >= 15 is 0 Å². The number of hydrogen-bond acceptors (Lipinski definition) is 4. The van der Waals surface area contributed by atoms with Crippen molar-refractivity contribution in [3.63, 3.8) is 0 Å². The van der Waals surface area contributed by atoms with Crippen LogP contribution in [0.25, 0.3) is 0 Å². The zero-order valence-corrected chi connectivity index (χ0v) is 13.7. The zero-order chi connectivity index (χ0) is 17.8. The average molecular weight is 350 g/mol. The first kappa shape index (κ1) is 17.5. The molecule has 0 bridgehead atoms. The number of carboxylic acids is 1. The van der Waals surface area contributed by atoms with Crippen LogP contribution in [0.1, 0.15) is 24.1 Å². The fourth-order valence-corrected chi connectivity index (χ4v) is 3.03. The molecule has 1 aliphatic rings. The van der Waals surface area contributed by atoms with E-state index in [1.807, 2.05) is 6.20 Å². The summed E-state index contributed by atoms with van der Waals surface area (Å²) in [5, 5.41) is 17.2. The summed E-state index contributed by atoms with van der Waals surface area (Å²) in [5.41, 5.74) is 1.52. The number of aromatic nitrogens is 3. The molecular weight excluding hydrogens is 330 g/mol. The topological polar surface area (TPSA) is 71.2 Å². The summed E-state index contributed by atoms with van der Waals surface area (Å²) in [6, 6.07) is 3.88. The van der Waals surface area contributed by atoms with Gasteiger partial charge >= 0.3 is 5.97 Å². The SMILES string of the molecule is O=C(O)C1CCN(Cc2cn(CCc3ccc(F)c(F)c3)nn2)CC1. The maximum atomic E-state index is 13.2. The Labute approximate surface area is 144 Å². The van der Waals surface area contributed by atoms with Gasteiger partial charge in [0.15, 0.2) is 11.6 Å². The average Bonchev–Trinajstić information content (AvgIpc) is 3.04. The van der Waals surface area contributed by atoms with Gasteiger partial charge in [-0.2, -0.15) is 0 Å². The predicted molar refractivity (Wildman–Crippen MR) is 85.7 cm³/mol. The monoisotopic (exact) mass is 350 g/mol. The van der Waals surface area contributed by atoms with Crippen molar-refractivity contribution in [2.45, 2.75) is 32.4 Å². The lowest BCUT2D eigenvalue weighted by Crippen LogP contribution is -2.35. The Kier molecular flexibility index (Phi) is 5.37. The van der Waals surface area contributed by atoms with Gasteiger partial charge < -0.3 is 5.11 Å². The van der Waals surface area contributed by atoms with E-state index in [1.165, 1.54) is 6.07 Å². The Morgan fingerprint density at radius 3 is 2.68 bits per heavy atom. The van der Waals surface area contributed by atoms with Crippen molar-refractivity contribution in [2.24, 2.45) is 5.92 Å². The summed E-state index contributed by atoms with van der Waals surface area (Å²) in [4.78, 5) is 13.1. The largest absolute Gasteiger partial charge is 0.481 e. The van der Waals surface area contributed by atoms with E-state index in [0.29, 0.717) is 37.9 Å². The van der Waals surface area contributed by atoms with Crippen LogP contribution in [-0.4, -0.2) is 44.1 Å². The number of hydrogen-bond donors (Lipinski definition) is 1. The molecule has 1 N–H and O–H groups in total. The number of nitrogens with zero attached hydrogens (tertiary/aromatic N) is 4. The van der Waals surface area contributed by atoms with Gasteiger partial charge in [-0.15, -0.1) is 5.10 Å². The summed E-state index contributed by atoms with van der Waals surface area (Å²) in [6.45, 7) is 2.63. The van der Waals surface area contributed by atoms with Crippen LogP contribution in [0.5, 0.6) is 0 Å². The minimum atomic E-state index is -0.849. The number of carboxylic acid groups (broad SMARTS) is 1. The summed E-state index contributed by atoms with van der Waals surface area (Å²) < 4.78 is 27.8. The Hall–Kier alpha value is -2.35. The van der Waals surface area contributed by atoms with Crippen molar-refractivity contribution in [3.05, 3.63) is 47.3 Å². The molecule has 3 rings (SSSR count). The molecule has 1 aromatic carbocycles. The van der Waals surface area contributed by atoms with Gasteiger partial charge in [-0.1, -0.05) is 11.3 Å². The van der Waals surface area contributed by atoms with E-state index in [9.17, 15) is 13.6 Å². The number of likely N-dealkylation sites (tertiary alicyclic amines) is 1. The van der Waals surface area contributed by atoms with E-state index in [2.05, 4.69) is 15.2 Å². The molecule has 1 fully saturated rings. The Morgan fingerprint density at radius 1 is 1.24 bits per heavy atom. The van der Waals surface area contributed by atoms with E-state index in [-0.39, 0.29) is 5.92 Å². The molecule has 2 heterocycles. The maximum Gasteiger partial charge on any atom is 0.306 e. The summed E-state index contributed by atoms with van der Waals surface area (Å²) in [6.07, 6.45) is 3.67. The predicted octanol–water partition coefficient (Wildman–Crippen LogP) is 2.10. The number of carbonyl (C=O) groups is 1. The van der Waals surface area contributed by atoms with Crippen LogP contribution in [0.3, 0.4) is 0 Å². The van der Waals surface area contributed by atoms with E-state index in [1.54, 1.807) is 10.7 Å². The van der Waals surface area contributed by atoms with Crippen molar-refractivity contribution in [2.75, 3.05) is 13.1 Å². The Bertz CT molecular complexity index is 742. The highest BCUT2D eigenvalue weighted by atomic mass is 19.2. The molecule has 1 aromatic heterocycles. The highest BCUT2D eigenvalue weighted by Gasteiger charge is 2.24. The lowest BCUT2D eigenvalue weighted by Gasteiger charge is -2.29. The summed E-state index contributed by atoms with van der Waals surface area (Å²) in [5.74, 6) is -2.66. The molecule has 6 nitrogen and oxygen atoms in total. The molecule has 0 saturated carbocycles. The normalized spacial score (nSPS) is 16.2. The van der Waals surface area contributed by atoms with E-state index < -0.39 is 17.6 Å². The highest BCUT2D eigenvalue weighted by molar-refractivity contribution is 5.70. The van der Waals surface area contributed by atoms with Crippen molar-refractivity contribution in [1.82, 2.24) is 19.9 Å². The van der Waals surface area contributed by atoms with E-state index in [4.69, 9.17) is 5.11 Å². The van der Waals surface area contributed by atoms with Crippen LogP contribution < -0.4 is 0 Å².